The van der Waals surface area contributed by atoms with E-state index in [4.69, 9.17) is 9.84 Å². The van der Waals surface area contributed by atoms with E-state index in [0.29, 0.717) is 12.5 Å². The summed E-state index contributed by atoms with van der Waals surface area (Å²) in [6, 6.07) is 0. The van der Waals surface area contributed by atoms with E-state index in [1.165, 1.54) is 6.20 Å². The quantitative estimate of drug-likeness (QED) is 0.727. The van der Waals surface area contributed by atoms with Crippen LogP contribution in [0.3, 0.4) is 0 Å². The number of nitrogens with zero attached hydrogens (tertiary/aromatic N) is 2. The molecule has 0 aliphatic heterocycles. The zero-order chi connectivity index (χ0) is 10.4. The number of hydrogen-bond donors (Lipinski definition) is 1. The molecule has 5 nitrogen and oxygen atoms in total. The molecule has 0 radical (unpaired) electrons. The van der Waals surface area contributed by atoms with E-state index >= 15 is 0 Å². The molecule has 0 aliphatic rings. The van der Waals surface area contributed by atoms with E-state index < -0.39 is 5.97 Å². The molecular formula is C9H10N2O3. The average Bonchev–Trinajstić information content (AvgIpc) is 2.19. The lowest BCUT2D eigenvalue weighted by Gasteiger charge is -2.00. The molecule has 1 heterocycles. The first-order valence-electron chi connectivity index (χ1n) is 4.03. The third-order valence-electron chi connectivity index (χ3n) is 1.41. The van der Waals surface area contributed by atoms with Gasteiger partial charge in [-0.2, -0.15) is 0 Å². The van der Waals surface area contributed by atoms with Crippen LogP contribution in [-0.4, -0.2) is 27.7 Å². The highest BCUT2D eigenvalue weighted by Crippen LogP contribution is 2.03. The van der Waals surface area contributed by atoms with Crippen LogP contribution in [-0.2, 0) is 0 Å². The third-order valence-corrected chi connectivity index (χ3v) is 1.41. The Bertz CT molecular complexity index is 332. The first-order chi connectivity index (χ1) is 6.74. The van der Waals surface area contributed by atoms with Crippen molar-refractivity contribution in [2.45, 2.75) is 6.92 Å². The summed E-state index contributed by atoms with van der Waals surface area (Å²) in [4.78, 5) is 17.8. The number of rotatable bonds is 4. The van der Waals surface area contributed by atoms with Gasteiger partial charge in [-0.1, -0.05) is 12.2 Å². The number of allylic oxidation sites excluding steroid dienone is 1. The fourth-order valence-electron chi connectivity index (χ4n) is 0.731. The molecular weight excluding hydrogens is 184 g/mol. The van der Waals surface area contributed by atoms with Crippen LogP contribution < -0.4 is 4.74 Å². The van der Waals surface area contributed by atoms with Crippen molar-refractivity contribution in [1.29, 1.82) is 0 Å². The standard InChI is InChI=1S/C9H10N2O3/c1-2-3-4-14-8-6-10-7(5-11-8)9(12)13/h2-3,5-6H,4H2,1H3,(H,12,13). The van der Waals surface area contributed by atoms with Crippen LogP contribution in [0, 0.1) is 0 Å². The van der Waals surface area contributed by atoms with E-state index in [1.54, 1.807) is 0 Å². The maximum absolute atomic E-state index is 10.4. The Kier molecular flexibility index (Phi) is 3.60. The molecule has 0 spiro atoms. The number of carbonyl (C=O) groups is 1. The molecule has 1 N–H and O–H groups in total. The van der Waals surface area contributed by atoms with Crippen LogP contribution in [0.5, 0.6) is 5.88 Å². The van der Waals surface area contributed by atoms with Crippen molar-refractivity contribution in [3.05, 3.63) is 30.2 Å². The topological polar surface area (TPSA) is 72.3 Å². The molecule has 0 fully saturated rings. The van der Waals surface area contributed by atoms with Crippen molar-refractivity contribution in [2.75, 3.05) is 6.61 Å². The maximum Gasteiger partial charge on any atom is 0.356 e. The number of carboxylic acids is 1. The lowest BCUT2D eigenvalue weighted by Crippen LogP contribution is -2.02. The third kappa shape index (κ3) is 2.85. The first-order valence-corrected chi connectivity index (χ1v) is 4.03. The van der Waals surface area contributed by atoms with Crippen molar-refractivity contribution in [2.24, 2.45) is 0 Å². The minimum Gasteiger partial charge on any atom is -0.476 e. The second-order valence-corrected chi connectivity index (χ2v) is 2.43. The summed E-state index contributed by atoms with van der Waals surface area (Å²) in [6.45, 7) is 2.28. The second kappa shape index (κ2) is 4.96. The first kappa shape index (κ1) is 10.2. The van der Waals surface area contributed by atoms with Crippen molar-refractivity contribution in [3.63, 3.8) is 0 Å². The lowest BCUT2D eigenvalue weighted by atomic mass is 10.5. The summed E-state index contributed by atoms with van der Waals surface area (Å²) in [5.74, 6) is -0.786. The Morgan fingerprint density at radius 3 is 2.86 bits per heavy atom. The SMILES string of the molecule is CC=CCOc1cnc(C(=O)O)cn1. The fourth-order valence-corrected chi connectivity index (χ4v) is 0.731. The molecule has 1 aromatic heterocycles. The molecule has 0 unspecified atom stereocenters. The van der Waals surface area contributed by atoms with E-state index in [2.05, 4.69) is 9.97 Å². The number of aromatic carboxylic acids is 1. The predicted molar refractivity (Wildman–Crippen MR) is 49.3 cm³/mol. The number of ether oxygens (including phenoxy) is 1. The maximum atomic E-state index is 10.4. The molecule has 14 heavy (non-hydrogen) atoms. The second-order valence-electron chi connectivity index (χ2n) is 2.43. The Balaban J connectivity index is 2.59. The highest BCUT2D eigenvalue weighted by Gasteiger charge is 2.04. The fraction of sp³-hybridized carbons (Fsp3) is 0.222. The smallest absolute Gasteiger partial charge is 0.356 e. The molecule has 0 aromatic carbocycles. The zero-order valence-corrected chi connectivity index (χ0v) is 7.67. The summed E-state index contributed by atoms with van der Waals surface area (Å²) in [5.41, 5.74) is -0.0941. The number of hydrogen-bond acceptors (Lipinski definition) is 4. The van der Waals surface area contributed by atoms with E-state index in [-0.39, 0.29) is 5.69 Å². The van der Waals surface area contributed by atoms with Gasteiger partial charge >= 0.3 is 5.97 Å². The Morgan fingerprint density at radius 1 is 1.57 bits per heavy atom. The zero-order valence-electron chi connectivity index (χ0n) is 7.67. The van der Waals surface area contributed by atoms with E-state index in [0.717, 1.165) is 6.20 Å². The van der Waals surface area contributed by atoms with Crippen molar-refractivity contribution < 1.29 is 14.6 Å². The van der Waals surface area contributed by atoms with Crippen LogP contribution in [0.2, 0.25) is 0 Å². The van der Waals surface area contributed by atoms with Crippen LogP contribution >= 0.6 is 0 Å². The van der Waals surface area contributed by atoms with Gasteiger partial charge in [0.2, 0.25) is 5.88 Å². The van der Waals surface area contributed by atoms with Gasteiger partial charge in [-0.15, -0.1) is 0 Å². The van der Waals surface area contributed by atoms with Crippen LogP contribution in [0.4, 0.5) is 0 Å². The Hall–Kier alpha value is -1.91. The molecule has 74 valence electrons. The minimum absolute atomic E-state index is 0.0941. The summed E-state index contributed by atoms with van der Waals surface area (Å²) in [7, 11) is 0. The highest BCUT2D eigenvalue weighted by molar-refractivity contribution is 5.84. The molecule has 0 aliphatic carbocycles. The van der Waals surface area contributed by atoms with Gasteiger partial charge in [0.05, 0.1) is 12.4 Å². The summed E-state index contributed by atoms with van der Waals surface area (Å²) >= 11 is 0. The van der Waals surface area contributed by atoms with E-state index in [9.17, 15) is 4.79 Å². The van der Waals surface area contributed by atoms with Crippen molar-refractivity contribution in [3.8, 4) is 5.88 Å². The molecule has 0 saturated heterocycles. The Labute approximate surface area is 81.1 Å². The van der Waals surface area contributed by atoms with Crippen molar-refractivity contribution in [1.82, 2.24) is 9.97 Å². The molecule has 0 atom stereocenters. The summed E-state index contributed by atoms with van der Waals surface area (Å²) in [6.07, 6.45) is 6.10. The molecule has 0 bridgehead atoms. The summed E-state index contributed by atoms with van der Waals surface area (Å²) in [5, 5.41) is 8.54. The molecule has 1 aromatic rings. The van der Waals surface area contributed by atoms with Gasteiger partial charge in [-0.05, 0) is 6.92 Å². The van der Waals surface area contributed by atoms with Gasteiger partial charge in [-0.3, -0.25) is 0 Å². The highest BCUT2D eigenvalue weighted by atomic mass is 16.5. The van der Waals surface area contributed by atoms with Crippen LogP contribution in [0.15, 0.2) is 24.5 Å². The largest absolute Gasteiger partial charge is 0.476 e. The van der Waals surface area contributed by atoms with Gasteiger partial charge in [0, 0.05) is 0 Å². The predicted octanol–water partition coefficient (Wildman–Crippen LogP) is 1.13. The van der Waals surface area contributed by atoms with Crippen LogP contribution in [0.1, 0.15) is 17.4 Å². The van der Waals surface area contributed by atoms with Gasteiger partial charge in [0.25, 0.3) is 0 Å². The number of carboxylic acid groups (broad SMARTS) is 1. The minimum atomic E-state index is -1.10. The van der Waals surface area contributed by atoms with Gasteiger partial charge < -0.3 is 9.84 Å². The van der Waals surface area contributed by atoms with Crippen molar-refractivity contribution >= 4 is 5.97 Å². The number of aromatic nitrogens is 2. The van der Waals surface area contributed by atoms with E-state index in [1.807, 2.05) is 19.1 Å². The van der Waals surface area contributed by atoms with Gasteiger partial charge in [-0.25, -0.2) is 14.8 Å². The normalized spacial score (nSPS) is 10.4. The molecule has 0 amide bonds. The molecule has 0 saturated carbocycles. The van der Waals surface area contributed by atoms with Gasteiger partial charge in [0.1, 0.15) is 6.61 Å². The Morgan fingerprint density at radius 2 is 2.36 bits per heavy atom. The average molecular weight is 194 g/mol. The molecule has 5 heteroatoms. The van der Waals surface area contributed by atoms with Gasteiger partial charge in [0.15, 0.2) is 5.69 Å². The summed E-state index contributed by atoms with van der Waals surface area (Å²) < 4.78 is 5.13. The lowest BCUT2D eigenvalue weighted by molar-refractivity contribution is 0.0690. The monoisotopic (exact) mass is 194 g/mol. The van der Waals surface area contributed by atoms with Crippen LogP contribution in [0.25, 0.3) is 0 Å². The molecule has 1 rings (SSSR count).